The van der Waals surface area contributed by atoms with Crippen LogP contribution in [-0.4, -0.2) is 12.7 Å². The lowest BCUT2D eigenvalue weighted by Crippen LogP contribution is -2.26. The second-order valence-electron chi connectivity index (χ2n) is 8.59. The molecule has 1 rings (SSSR count). The van der Waals surface area contributed by atoms with Crippen molar-refractivity contribution in [1.29, 1.82) is 0 Å². The molecule has 0 fully saturated rings. The molecule has 0 saturated carbocycles. The Morgan fingerprint density at radius 1 is 1.22 bits per heavy atom. The average Bonchev–Trinajstić information content (AvgIpc) is 2.77. The lowest BCUT2D eigenvalue weighted by atomic mass is 9.87. The maximum absolute atomic E-state index is 5.78. The Kier molecular flexibility index (Phi) is 12.4. The molecule has 1 atom stereocenters. The smallest absolute Gasteiger partial charge is 0.0650 e. The van der Waals surface area contributed by atoms with Crippen molar-refractivity contribution in [2.45, 2.75) is 71.3 Å². The van der Waals surface area contributed by atoms with Crippen LogP contribution in [0.25, 0.3) is 0 Å². The maximum atomic E-state index is 5.78. The van der Waals surface area contributed by atoms with Gasteiger partial charge < -0.3 is 4.74 Å². The van der Waals surface area contributed by atoms with Crippen molar-refractivity contribution in [1.82, 2.24) is 0 Å². The summed E-state index contributed by atoms with van der Waals surface area (Å²) in [4.78, 5) is 2.26. The molecular weight excluding hydrogens is 408 g/mol. The van der Waals surface area contributed by atoms with E-state index in [1.807, 2.05) is 25.3 Å². The van der Waals surface area contributed by atoms with Crippen LogP contribution >= 0.6 is 11.8 Å². The van der Waals surface area contributed by atoms with Crippen LogP contribution in [0.15, 0.2) is 107 Å². The number of ether oxygens (including phenoxy) is 1. The number of hydrogen-bond acceptors (Lipinski definition) is 2. The van der Waals surface area contributed by atoms with Gasteiger partial charge in [0.15, 0.2) is 0 Å². The minimum absolute atomic E-state index is 0.0573. The fraction of sp³-hybridized carbons (Fsp3) is 0.400. The van der Waals surface area contributed by atoms with E-state index in [2.05, 4.69) is 65.8 Å². The Balaban J connectivity index is 3.25. The van der Waals surface area contributed by atoms with E-state index in [4.69, 9.17) is 4.74 Å². The predicted octanol–water partition coefficient (Wildman–Crippen LogP) is 9.57. The van der Waals surface area contributed by atoms with E-state index in [-0.39, 0.29) is 5.60 Å². The Morgan fingerprint density at radius 2 is 1.94 bits per heavy atom. The van der Waals surface area contributed by atoms with Gasteiger partial charge in [0.05, 0.1) is 5.60 Å². The zero-order chi connectivity index (χ0) is 24.1. The van der Waals surface area contributed by atoms with Gasteiger partial charge in [0.25, 0.3) is 0 Å². The number of thioether (sulfide) groups is 1. The van der Waals surface area contributed by atoms with Crippen LogP contribution in [0.4, 0.5) is 0 Å². The zero-order valence-electron chi connectivity index (χ0n) is 20.8. The highest BCUT2D eigenvalue weighted by Gasteiger charge is 2.22. The molecule has 1 aliphatic rings. The first-order chi connectivity index (χ1) is 15.2. The Morgan fingerprint density at radius 3 is 2.50 bits per heavy atom. The van der Waals surface area contributed by atoms with Crippen LogP contribution in [0.5, 0.6) is 0 Å². The molecule has 0 aromatic carbocycles. The van der Waals surface area contributed by atoms with E-state index < -0.39 is 0 Å². The minimum Gasteiger partial charge on any atom is -0.379 e. The van der Waals surface area contributed by atoms with Gasteiger partial charge in [-0.25, -0.2) is 0 Å². The van der Waals surface area contributed by atoms with Crippen LogP contribution in [0.3, 0.4) is 0 Å². The molecule has 0 spiro atoms. The molecule has 0 aromatic rings. The minimum atomic E-state index is -0.0573. The largest absolute Gasteiger partial charge is 0.379 e. The fourth-order valence-corrected chi connectivity index (χ4v) is 4.96. The summed E-state index contributed by atoms with van der Waals surface area (Å²) in [5.74, 6) is 0. The summed E-state index contributed by atoms with van der Waals surface area (Å²) < 4.78 is 5.78. The summed E-state index contributed by atoms with van der Waals surface area (Å²) in [5, 5.41) is 0. The summed E-state index contributed by atoms with van der Waals surface area (Å²) in [6.07, 6.45) is 19.3. The van der Waals surface area contributed by atoms with Gasteiger partial charge in [-0.15, -0.1) is 0 Å². The van der Waals surface area contributed by atoms with Crippen molar-refractivity contribution in [2.75, 3.05) is 7.11 Å². The second kappa shape index (κ2) is 14.2. The van der Waals surface area contributed by atoms with Crippen LogP contribution in [0.2, 0.25) is 0 Å². The monoisotopic (exact) mass is 450 g/mol. The highest BCUT2D eigenvalue weighted by Crippen LogP contribution is 2.42. The topological polar surface area (TPSA) is 9.23 Å². The maximum Gasteiger partial charge on any atom is 0.0650 e. The Labute approximate surface area is 201 Å². The van der Waals surface area contributed by atoms with Crippen LogP contribution in [-0.2, 0) is 4.74 Å². The third kappa shape index (κ3) is 8.48. The SMILES string of the molecule is C=C/C=C\C(=C)/C(C1=C(C=C)CCC=C1)=C(\SC(=C)CCCC(C)(CCC)OC)C(=C)C. The standard InChI is InChI=1S/C30H42OS/c1-10-13-17-24(6)28(27-20-15-14-19-26(27)12-3)29(23(4)5)32-25(7)18-16-22-30(8,31-9)21-11-2/h10,12-13,15,17,20H,1,3-4,6-7,11,14,16,18-19,21-22H2,2,5,8-9H3/b17-13-,29-28+. The van der Waals surface area contributed by atoms with Gasteiger partial charge in [-0.1, -0.05) is 94.5 Å². The van der Waals surface area contributed by atoms with Crippen molar-refractivity contribution < 1.29 is 4.74 Å². The number of methoxy groups -OCH3 is 1. The lowest BCUT2D eigenvalue weighted by molar-refractivity contribution is -0.01000. The van der Waals surface area contributed by atoms with Crippen molar-refractivity contribution in [2.24, 2.45) is 0 Å². The fourth-order valence-electron chi connectivity index (χ4n) is 3.91. The molecule has 174 valence electrons. The molecule has 2 heteroatoms. The summed E-state index contributed by atoms with van der Waals surface area (Å²) in [6.45, 7) is 27.4. The van der Waals surface area contributed by atoms with Gasteiger partial charge in [0.2, 0.25) is 0 Å². The first-order valence-electron chi connectivity index (χ1n) is 11.5. The van der Waals surface area contributed by atoms with E-state index in [0.29, 0.717) is 0 Å². The highest BCUT2D eigenvalue weighted by molar-refractivity contribution is 8.07. The van der Waals surface area contributed by atoms with Gasteiger partial charge in [-0.3, -0.25) is 0 Å². The highest BCUT2D eigenvalue weighted by atomic mass is 32.2. The molecule has 1 unspecified atom stereocenters. The van der Waals surface area contributed by atoms with E-state index in [1.165, 1.54) is 11.1 Å². The van der Waals surface area contributed by atoms with E-state index in [0.717, 1.165) is 71.5 Å². The molecule has 0 amide bonds. The molecule has 0 aromatic heterocycles. The second-order valence-corrected chi connectivity index (χ2v) is 9.78. The summed E-state index contributed by atoms with van der Waals surface area (Å²) >= 11 is 1.72. The predicted molar refractivity (Wildman–Crippen MR) is 147 cm³/mol. The zero-order valence-corrected chi connectivity index (χ0v) is 21.6. The summed E-state index contributed by atoms with van der Waals surface area (Å²) in [5.41, 5.74) is 5.44. The first kappa shape index (κ1) is 28.0. The van der Waals surface area contributed by atoms with E-state index in [1.54, 1.807) is 17.8 Å². The molecule has 0 heterocycles. The molecule has 0 aliphatic heterocycles. The molecule has 0 saturated heterocycles. The van der Waals surface area contributed by atoms with Gasteiger partial charge in [-0.05, 0) is 79.6 Å². The lowest BCUT2D eigenvalue weighted by Gasteiger charge is -2.28. The Hall–Kier alpha value is -2.03. The summed E-state index contributed by atoms with van der Waals surface area (Å²) in [7, 11) is 1.82. The van der Waals surface area contributed by atoms with Crippen molar-refractivity contribution in [3.63, 3.8) is 0 Å². The van der Waals surface area contributed by atoms with Crippen molar-refractivity contribution in [3.05, 3.63) is 107 Å². The van der Waals surface area contributed by atoms with Crippen LogP contribution in [0, 0.1) is 0 Å². The van der Waals surface area contributed by atoms with E-state index >= 15 is 0 Å². The molecule has 1 aliphatic carbocycles. The average molecular weight is 451 g/mol. The normalized spacial score (nSPS) is 16.5. The summed E-state index contributed by atoms with van der Waals surface area (Å²) in [6, 6.07) is 0. The number of hydrogen-bond donors (Lipinski definition) is 0. The number of allylic oxidation sites excluding steroid dienone is 12. The first-order valence-corrected chi connectivity index (χ1v) is 12.4. The third-order valence-electron chi connectivity index (χ3n) is 5.78. The van der Waals surface area contributed by atoms with Crippen molar-refractivity contribution >= 4 is 11.8 Å². The quantitative estimate of drug-likeness (QED) is 0.230. The number of rotatable bonds is 15. The van der Waals surface area contributed by atoms with Gasteiger partial charge >= 0.3 is 0 Å². The molecule has 0 radical (unpaired) electrons. The molecule has 0 bridgehead atoms. The van der Waals surface area contributed by atoms with E-state index in [9.17, 15) is 0 Å². The third-order valence-corrected chi connectivity index (χ3v) is 7.02. The van der Waals surface area contributed by atoms with Crippen LogP contribution < -0.4 is 0 Å². The Bertz CT molecular complexity index is 846. The molecule has 1 nitrogen and oxygen atoms in total. The van der Waals surface area contributed by atoms with Crippen LogP contribution in [0.1, 0.15) is 65.7 Å². The van der Waals surface area contributed by atoms with Gasteiger partial charge in [0, 0.05) is 17.6 Å². The molecule has 0 N–H and O–H groups in total. The van der Waals surface area contributed by atoms with Gasteiger partial charge in [0.1, 0.15) is 0 Å². The van der Waals surface area contributed by atoms with Crippen molar-refractivity contribution in [3.8, 4) is 0 Å². The van der Waals surface area contributed by atoms with Gasteiger partial charge in [-0.2, -0.15) is 0 Å². The molecule has 32 heavy (non-hydrogen) atoms. The molecular formula is C30H42OS.